The second-order valence-electron chi connectivity index (χ2n) is 5.74. The van der Waals surface area contributed by atoms with Crippen LogP contribution in [0.3, 0.4) is 0 Å². The maximum atomic E-state index is 11.9. The number of furan rings is 1. The van der Waals surface area contributed by atoms with Gasteiger partial charge in [0.25, 0.3) is 0 Å². The molecule has 0 aliphatic heterocycles. The summed E-state index contributed by atoms with van der Waals surface area (Å²) < 4.78 is 5.40. The number of nitrogens with one attached hydrogen (secondary N) is 2. The predicted molar refractivity (Wildman–Crippen MR) is 76.4 cm³/mol. The Labute approximate surface area is 119 Å². The van der Waals surface area contributed by atoms with Gasteiger partial charge < -0.3 is 20.2 Å². The van der Waals surface area contributed by atoms with Crippen molar-refractivity contribution in [3.8, 4) is 0 Å². The molecular formula is C15H24N2O3. The van der Waals surface area contributed by atoms with Gasteiger partial charge in [-0.1, -0.05) is 13.8 Å². The van der Waals surface area contributed by atoms with Gasteiger partial charge in [0.15, 0.2) is 0 Å². The molecule has 20 heavy (non-hydrogen) atoms. The summed E-state index contributed by atoms with van der Waals surface area (Å²) in [6, 6.07) is 1.79. The fourth-order valence-electron chi connectivity index (χ4n) is 2.51. The van der Waals surface area contributed by atoms with Gasteiger partial charge in [0.05, 0.1) is 18.4 Å². The molecule has 0 fully saturated rings. The van der Waals surface area contributed by atoms with Gasteiger partial charge in [-0.3, -0.25) is 0 Å². The van der Waals surface area contributed by atoms with Crippen molar-refractivity contribution in [1.29, 1.82) is 0 Å². The highest BCUT2D eigenvalue weighted by Crippen LogP contribution is 2.30. The highest BCUT2D eigenvalue weighted by atomic mass is 16.3. The molecule has 1 aliphatic rings. The van der Waals surface area contributed by atoms with E-state index >= 15 is 0 Å². The summed E-state index contributed by atoms with van der Waals surface area (Å²) in [6.07, 6.45) is 4.80. The van der Waals surface area contributed by atoms with E-state index in [-0.39, 0.29) is 24.1 Å². The van der Waals surface area contributed by atoms with Crippen LogP contribution in [0.25, 0.3) is 0 Å². The van der Waals surface area contributed by atoms with Crippen molar-refractivity contribution in [2.75, 3.05) is 6.54 Å². The Bertz CT molecular complexity index is 442. The average Bonchev–Trinajstić information content (AvgIpc) is 2.87. The Kier molecular flexibility index (Phi) is 5.06. The van der Waals surface area contributed by atoms with Crippen molar-refractivity contribution in [2.45, 2.75) is 51.7 Å². The zero-order chi connectivity index (χ0) is 14.5. The number of hydrogen-bond acceptors (Lipinski definition) is 3. The summed E-state index contributed by atoms with van der Waals surface area (Å²) in [6.45, 7) is 4.41. The van der Waals surface area contributed by atoms with Gasteiger partial charge in [0.2, 0.25) is 0 Å². The molecule has 2 amide bonds. The minimum atomic E-state index is -0.370. The van der Waals surface area contributed by atoms with Gasteiger partial charge in [-0.25, -0.2) is 4.79 Å². The number of aliphatic hydroxyl groups excluding tert-OH is 1. The maximum Gasteiger partial charge on any atom is 0.315 e. The SMILES string of the molecule is CC(C)C(O)CCNC(=O)NC1CCCc2occc21. The maximum absolute atomic E-state index is 11.9. The molecule has 5 nitrogen and oxygen atoms in total. The number of carbonyl (C=O) groups excluding carboxylic acids is 1. The molecule has 2 atom stereocenters. The van der Waals surface area contributed by atoms with Crippen LogP contribution in [0.4, 0.5) is 4.79 Å². The molecule has 0 spiro atoms. The number of hydrogen-bond donors (Lipinski definition) is 3. The first-order valence-corrected chi connectivity index (χ1v) is 7.36. The minimum absolute atomic E-state index is 0.0347. The smallest absolute Gasteiger partial charge is 0.315 e. The van der Waals surface area contributed by atoms with Crippen LogP contribution in [0.2, 0.25) is 0 Å². The lowest BCUT2D eigenvalue weighted by Gasteiger charge is -2.23. The largest absolute Gasteiger partial charge is 0.469 e. The van der Waals surface area contributed by atoms with E-state index in [4.69, 9.17) is 4.42 Å². The number of amides is 2. The number of urea groups is 1. The van der Waals surface area contributed by atoms with Gasteiger partial charge in [-0.15, -0.1) is 0 Å². The van der Waals surface area contributed by atoms with Crippen LogP contribution in [-0.4, -0.2) is 23.8 Å². The van der Waals surface area contributed by atoms with Crippen LogP contribution in [-0.2, 0) is 6.42 Å². The van der Waals surface area contributed by atoms with Gasteiger partial charge >= 0.3 is 6.03 Å². The van der Waals surface area contributed by atoms with Gasteiger partial charge in [-0.05, 0) is 31.2 Å². The normalized spacial score (nSPS) is 19.5. The number of fused-ring (bicyclic) bond motifs is 1. The second-order valence-corrected chi connectivity index (χ2v) is 5.74. The molecule has 1 aliphatic carbocycles. The number of aryl methyl sites for hydroxylation is 1. The highest BCUT2D eigenvalue weighted by molar-refractivity contribution is 5.74. The summed E-state index contributed by atoms with van der Waals surface area (Å²) in [5.41, 5.74) is 1.09. The van der Waals surface area contributed by atoms with Crippen molar-refractivity contribution in [3.63, 3.8) is 0 Å². The van der Waals surface area contributed by atoms with Crippen LogP contribution in [0.1, 0.15) is 50.5 Å². The molecule has 1 aromatic rings. The summed E-state index contributed by atoms with van der Waals surface area (Å²) in [5, 5.41) is 15.4. The van der Waals surface area contributed by atoms with E-state index in [9.17, 15) is 9.90 Å². The van der Waals surface area contributed by atoms with Crippen molar-refractivity contribution in [3.05, 3.63) is 23.7 Å². The standard InChI is InChI=1S/C15H24N2O3/c1-10(2)13(18)6-8-16-15(19)17-12-4-3-5-14-11(12)7-9-20-14/h7,9-10,12-13,18H,3-6,8H2,1-2H3,(H2,16,17,19). The zero-order valence-corrected chi connectivity index (χ0v) is 12.2. The van der Waals surface area contributed by atoms with Gasteiger partial charge in [0.1, 0.15) is 5.76 Å². The second kappa shape index (κ2) is 6.79. The Morgan fingerprint density at radius 3 is 3.10 bits per heavy atom. The Balaban J connectivity index is 1.76. The molecule has 2 unspecified atom stereocenters. The first-order valence-electron chi connectivity index (χ1n) is 7.36. The summed E-state index contributed by atoms with van der Waals surface area (Å²) >= 11 is 0. The van der Waals surface area contributed by atoms with Crippen LogP contribution in [0.15, 0.2) is 16.7 Å². The third kappa shape index (κ3) is 3.76. The van der Waals surface area contributed by atoms with Crippen LogP contribution in [0, 0.1) is 5.92 Å². The Morgan fingerprint density at radius 2 is 2.35 bits per heavy atom. The number of rotatable bonds is 5. The minimum Gasteiger partial charge on any atom is -0.469 e. The van der Waals surface area contributed by atoms with E-state index in [0.717, 1.165) is 30.6 Å². The monoisotopic (exact) mass is 280 g/mol. The Morgan fingerprint density at radius 1 is 1.55 bits per heavy atom. The first-order chi connectivity index (χ1) is 9.58. The van der Waals surface area contributed by atoms with Crippen LogP contribution in [0.5, 0.6) is 0 Å². The molecule has 1 heterocycles. The van der Waals surface area contributed by atoms with Crippen molar-refractivity contribution in [2.24, 2.45) is 5.92 Å². The van der Waals surface area contributed by atoms with Crippen molar-refractivity contribution < 1.29 is 14.3 Å². The molecule has 1 aromatic heterocycles. The van der Waals surface area contributed by atoms with E-state index in [0.29, 0.717) is 13.0 Å². The lowest BCUT2D eigenvalue weighted by Crippen LogP contribution is -2.40. The zero-order valence-electron chi connectivity index (χ0n) is 12.2. The van der Waals surface area contributed by atoms with Crippen LogP contribution < -0.4 is 10.6 Å². The topological polar surface area (TPSA) is 74.5 Å². The number of carbonyl (C=O) groups is 1. The summed E-state index contributed by atoms with van der Waals surface area (Å²) in [4.78, 5) is 11.9. The molecule has 0 saturated heterocycles. The quantitative estimate of drug-likeness (QED) is 0.775. The van der Waals surface area contributed by atoms with E-state index < -0.39 is 0 Å². The van der Waals surface area contributed by atoms with E-state index in [1.165, 1.54) is 0 Å². The first kappa shape index (κ1) is 14.9. The fourth-order valence-corrected chi connectivity index (χ4v) is 2.51. The third-order valence-corrected chi connectivity index (χ3v) is 3.85. The van der Waals surface area contributed by atoms with E-state index in [1.54, 1.807) is 6.26 Å². The number of aliphatic hydroxyl groups is 1. The molecule has 0 radical (unpaired) electrons. The predicted octanol–water partition coefficient (Wildman–Crippen LogP) is 2.36. The molecule has 0 aromatic carbocycles. The van der Waals surface area contributed by atoms with E-state index in [2.05, 4.69) is 10.6 Å². The lowest BCUT2D eigenvalue weighted by atomic mass is 9.93. The molecule has 2 rings (SSSR count). The summed E-state index contributed by atoms with van der Waals surface area (Å²) in [7, 11) is 0. The lowest BCUT2D eigenvalue weighted by molar-refractivity contribution is 0.116. The molecular weight excluding hydrogens is 256 g/mol. The van der Waals surface area contributed by atoms with E-state index in [1.807, 2.05) is 19.9 Å². The van der Waals surface area contributed by atoms with Crippen LogP contribution >= 0.6 is 0 Å². The highest BCUT2D eigenvalue weighted by Gasteiger charge is 2.23. The van der Waals surface area contributed by atoms with Crippen molar-refractivity contribution in [1.82, 2.24) is 10.6 Å². The molecule has 0 bridgehead atoms. The average molecular weight is 280 g/mol. The fraction of sp³-hybridized carbons (Fsp3) is 0.667. The molecule has 5 heteroatoms. The Hall–Kier alpha value is -1.49. The molecule has 0 saturated carbocycles. The van der Waals surface area contributed by atoms with Gasteiger partial charge in [0, 0.05) is 18.5 Å². The van der Waals surface area contributed by atoms with Gasteiger partial charge in [-0.2, -0.15) is 0 Å². The molecule has 3 N–H and O–H groups in total. The third-order valence-electron chi connectivity index (χ3n) is 3.85. The van der Waals surface area contributed by atoms with Crippen molar-refractivity contribution >= 4 is 6.03 Å². The molecule has 112 valence electrons. The summed E-state index contributed by atoms with van der Waals surface area (Å²) in [5.74, 6) is 1.20.